The van der Waals surface area contributed by atoms with E-state index >= 15 is 0 Å². The van der Waals surface area contributed by atoms with Crippen molar-refractivity contribution < 1.29 is 29.3 Å². The fourth-order valence-corrected chi connectivity index (χ4v) is 9.73. The molecule has 7 rings (SSSR count). The van der Waals surface area contributed by atoms with Crippen LogP contribution in [0.5, 0.6) is 0 Å². The van der Waals surface area contributed by atoms with E-state index < -0.39 is 30.0 Å². The van der Waals surface area contributed by atoms with Crippen LogP contribution in [0.3, 0.4) is 0 Å². The van der Waals surface area contributed by atoms with Crippen LogP contribution < -0.4 is 5.73 Å². The molecule has 0 amide bonds. The monoisotopic (exact) mass is 583 g/mol. The first-order chi connectivity index (χ1) is 20.6. The lowest BCUT2D eigenvalue weighted by Gasteiger charge is -2.58. The molecule has 43 heavy (non-hydrogen) atoms. The highest BCUT2D eigenvalue weighted by Crippen LogP contribution is 2.70. The Labute approximate surface area is 252 Å². The first-order valence-corrected chi connectivity index (χ1v) is 15.6. The third-order valence-corrected chi connectivity index (χ3v) is 11.8. The average molecular weight is 584 g/mol. The fraction of sp³-hybridized carbons (Fsp3) is 0.500. The zero-order valence-electron chi connectivity index (χ0n) is 24.9. The predicted molar refractivity (Wildman–Crippen MR) is 162 cm³/mol. The third kappa shape index (κ3) is 4.23. The molecule has 5 aliphatic rings. The summed E-state index contributed by atoms with van der Waals surface area (Å²) in [4.78, 5) is 25.9. The lowest BCUT2D eigenvalue weighted by Crippen LogP contribution is -2.60. The summed E-state index contributed by atoms with van der Waals surface area (Å²) in [5.41, 5.74) is 9.83. The van der Waals surface area contributed by atoms with E-state index in [2.05, 4.69) is 19.9 Å². The van der Waals surface area contributed by atoms with Gasteiger partial charge in [0, 0.05) is 22.1 Å². The van der Waals surface area contributed by atoms with E-state index in [1.165, 1.54) is 5.57 Å². The number of ether oxygens (including phenoxy) is 2. The molecular formula is C36H41NO6. The van der Waals surface area contributed by atoms with E-state index in [1.54, 1.807) is 12.1 Å². The van der Waals surface area contributed by atoms with Gasteiger partial charge in [-0.25, -0.2) is 0 Å². The molecule has 0 aromatic heterocycles. The molecule has 7 heteroatoms. The largest absolute Gasteiger partial charge is 0.399 e. The van der Waals surface area contributed by atoms with E-state index in [4.69, 9.17) is 15.2 Å². The number of nitrogen functional groups attached to an aromatic ring is 1. The zero-order chi connectivity index (χ0) is 30.1. The molecule has 8 atom stereocenters. The first-order valence-electron chi connectivity index (χ1n) is 15.6. The minimum atomic E-state index is -1.20. The van der Waals surface area contributed by atoms with Crippen molar-refractivity contribution in [1.29, 1.82) is 0 Å². The van der Waals surface area contributed by atoms with Gasteiger partial charge in [0.1, 0.15) is 6.61 Å². The number of aliphatic hydroxyl groups is 2. The number of hydrogen-bond acceptors (Lipinski definition) is 7. The number of Topliss-reactive ketones (excluding diaryl/α,β-unsaturated/α-hetero) is 1. The van der Waals surface area contributed by atoms with Crippen molar-refractivity contribution in [3.63, 3.8) is 0 Å². The van der Waals surface area contributed by atoms with Crippen LogP contribution in [0.25, 0.3) is 0 Å². The molecule has 4 aliphatic carbocycles. The molecule has 0 bridgehead atoms. The van der Waals surface area contributed by atoms with Crippen molar-refractivity contribution in [3.05, 3.63) is 88.5 Å². The Hall–Kier alpha value is -3.10. The van der Waals surface area contributed by atoms with Gasteiger partial charge in [-0.3, -0.25) is 9.59 Å². The van der Waals surface area contributed by atoms with Crippen molar-refractivity contribution in [1.82, 2.24) is 0 Å². The Morgan fingerprint density at radius 3 is 2.53 bits per heavy atom. The highest BCUT2D eigenvalue weighted by molar-refractivity contribution is 6.01. The smallest absolute Gasteiger partial charge is 0.193 e. The summed E-state index contributed by atoms with van der Waals surface area (Å²) >= 11 is 0. The minimum absolute atomic E-state index is 0.0561. The molecule has 1 unspecified atom stereocenters. The van der Waals surface area contributed by atoms with Crippen molar-refractivity contribution in [2.45, 2.75) is 77.0 Å². The summed E-state index contributed by atoms with van der Waals surface area (Å²) in [6.07, 6.45) is 9.57. The van der Waals surface area contributed by atoms with Crippen LogP contribution in [0.4, 0.5) is 5.69 Å². The number of carbonyl (C=O) groups is 2. The molecule has 226 valence electrons. The van der Waals surface area contributed by atoms with Gasteiger partial charge in [-0.1, -0.05) is 55.8 Å². The molecule has 4 N–H and O–H groups in total. The van der Waals surface area contributed by atoms with Crippen LogP contribution in [0.1, 0.15) is 74.5 Å². The van der Waals surface area contributed by atoms with Crippen LogP contribution in [-0.2, 0) is 32.1 Å². The molecule has 4 fully saturated rings. The lowest BCUT2D eigenvalue weighted by atomic mass is 9.47. The molecular weight excluding hydrogens is 542 g/mol. The number of ketones is 2. The fourth-order valence-electron chi connectivity index (χ4n) is 9.73. The quantitative estimate of drug-likeness (QED) is 0.410. The van der Waals surface area contributed by atoms with Crippen LogP contribution in [-0.4, -0.2) is 40.1 Å². The van der Waals surface area contributed by atoms with Crippen LogP contribution in [0.15, 0.2) is 66.3 Å². The van der Waals surface area contributed by atoms with Gasteiger partial charge in [-0.05, 0) is 97.3 Å². The van der Waals surface area contributed by atoms with Crippen LogP contribution in [0, 0.1) is 28.6 Å². The second-order valence-electron chi connectivity index (χ2n) is 13.8. The molecule has 0 spiro atoms. The normalized spacial score (nSPS) is 37.7. The molecule has 1 saturated heterocycles. The number of nitrogens with two attached hydrogens (primary N) is 1. The van der Waals surface area contributed by atoms with Gasteiger partial charge < -0.3 is 25.4 Å². The van der Waals surface area contributed by atoms with Crippen molar-refractivity contribution in [2.75, 3.05) is 12.3 Å². The standard InChI is InChI=1S/C36H41NO6/c1-34-11-9-27(40)17-25(34)7-8-28-29(34)10-12-35(2)30(28)18-32-36(35,31(41)20-39)43-33(42-32)24-5-3-21(4-6-24)13-22-14-23(19-38)16-26(37)15-22/h3-6,9,11,14-17,28-30,32-33,38-39H,7-8,10,12-13,18-20,37H2,1-2H3/t28-,29?,30+,32-,33-,34+,35+,36-/m1/s1. The maximum absolute atomic E-state index is 13.7. The predicted octanol–water partition coefficient (Wildman–Crippen LogP) is 4.98. The second kappa shape index (κ2) is 10.2. The van der Waals surface area contributed by atoms with E-state index in [-0.39, 0.29) is 29.5 Å². The topological polar surface area (TPSA) is 119 Å². The van der Waals surface area contributed by atoms with E-state index in [9.17, 15) is 19.8 Å². The van der Waals surface area contributed by atoms with Crippen LogP contribution >= 0.6 is 0 Å². The van der Waals surface area contributed by atoms with Gasteiger partial charge in [-0.2, -0.15) is 0 Å². The Kier molecular flexibility index (Phi) is 6.82. The van der Waals surface area contributed by atoms with Crippen molar-refractivity contribution in [3.8, 4) is 0 Å². The van der Waals surface area contributed by atoms with Crippen molar-refractivity contribution in [2.24, 2.45) is 28.6 Å². The summed E-state index contributed by atoms with van der Waals surface area (Å²) in [7, 11) is 0. The lowest BCUT2D eigenvalue weighted by molar-refractivity contribution is -0.186. The minimum Gasteiger partial charge on any atom is -0.399 e. The third-order valence-electron chi connectivity index (χ3n) is 11.8. The molecule has 0 radical (unpaired) electrons. The highest BCUT2D eigenvalue weighted by Gasteiger charge is 2.74. The van der Waals surface area contributed by atoms with E-state index in [0.29, 0.717) is 23.9 Å². The van der Waals surface area contributed by atoms with Gasteiger partial charge >= 0.3 is 0 Å². The van der Waals surface area contributed by atoms with Crippen molar-refractivity contribution >= 4 is 17.3 Å². The number of benzene rings is 2. The SMILES string of the molecule is C[C@]12C=CC(=O)C=C1CC[C@@H]1C2CC[C@@]2(C)[C@H]1C[C@H]1O[C@@H](c3ccc(Cc4cc(N)cc(CO)c4)cc3)O[C@]12C(=O)CO. The number of fused-ring (bicyclic) bond motifs is 7. The molecule has 1 heterocycles. The summed E-state index contributed by atoms with van der Waals surface area (Å²) in [5.74, 6) is 0.799. The van der Waals surface area contributed by atoms with Gasteiger partial charge in [0.05, 0.1) is 12.7 Å². The number of carbonyl (C=O) groups excluding carboxylic acids is 2. The summed E-state index contributed by atoms with van der Waals surface area (Å²) in [6, 6.07) is 13.7. The van der Waals surface area contributed by atoms with Gasteiger partial charge in [0.15, 0.2) is 23.5 Å². The molecule has 1 aliphatic heterocycles. The van der Waals surface area contributed by atoms with Gasteiger partial charge in [0.2, 0.25) is 0 Å². The molecule has 3 saturated carbocycles. The van der Waals surface area contributed by atoms with E-state index in [0.717, 1.165) is 54.4 Å². The highest BCUT2D eigenvalue weighted by atomic mass is 16.7. The zero-order valence-corrected chi connectivity index (χ0v) is 24.9. The Morgan fingerprint density at radius 1 is 1.02 bits per heavy atom. The number of anilines is 1. The number of rotatable bonds is 6. The van der Waals surface area contributed by atoms with Gasteiger partial charge in [-0.15, -0.1) is 0 Å². The van der Waals surface area contributed by atoms with Gasteiger partial charge in [0.25, 0.3) is 0 Å². The number of allylic oxidation sites excluding steroid dienone is 4. The average Bonchev–Trinajstić information content (AvgIpc) is 3.50. The summed E-state index contributed by atoms with van der Waals surface area (Å²) < 4.78 is 13.4. The summed E-state index contributed by atoms with van der Waals surface area (Å²) in [5, 5.41) is 19.8. The summed E-state index contributed by atoms with van der Waals surface area (Å²) in [6.45, 7) is 3.83. The maximum Gasteiger partial charge on any atom is 0.193 e. The Morgan fingerprint density at radius 2 is 1.79 bits per heavy atom. The van der Waals surface area contributed by atoms with Crippen LogP contribution in [0.2, 0.25) is 0 Å². The second-order valence-corrected chi connectivity index (χ2v) is 13.8. The Bertz CT molecular complexity index is 1530. The molecule has 2 aromatic rings. The van der Waals surface area contributed by atoms with E-state index in [1.807, 2.05) is 42.5 Å². The number of aliphatic hydroxyl groups excluding tert-OH is 2. The maximum atomic E-state index is 13.7. The number of hydrogen-bond donors (Lipinski definition) is 3. The molecule has 7 nitrogen and oxygen atoms in total. The molecule has 2 aromatic carbocycles. The first kappa shape index (κ1) is 28.7. The Balaban J connectivity index is 1.14.